The highest BCUT2D eigenvalue weighted by Crippen LogP contribution is 2.15. The molecular weight excluding hydrogens is 290 g/mol. The van der Waals surface area contributed by atoms with Crippen LogP contribution in [0.3, 0.4) is 0 Å². The van der Waals surface area contributed by atoms with Gasteiger partial charge >= 0.3 is 0 Å². The summed E-state index contributed by atoms with van der Waals surface area (Å²) >= 11 is 6.19. The molecule has 0 spiro atoms. The normalized spacial score (nSPS) is 18.0. The Labute approximate surface area is 130 Å². The lowest BCUT2D eigenvalue weighted by Crippen LogP contribution is -2.48. The number of hydrogen-bond acceptors (Lipinski definition) is 3. The lowest BCUT2D eigenvalue weighted by molar-refractivity contribution is -0.148. The highest BCUT2D eigenvalue weighted by Gasteiger charge is 2.31. The topological polar surface area (TPSA) is 38.8 Å². The zero-order valence-corrected chi connectivity index (χ0v) is 12.7. The van der Waals surface area contributed by atoms with Crippen LogP contribution in [0.25, 0.3) is 0 Å². The van der Waals surface area contributed by atoms with Gasteiger partial charge in [-0.3, -0.25) is 4.79 Å². The van der Waals surface area contributed by atoms with E-state index in [9.17, 15) is 4.79 Å². The molecule has 1 heterocycles. The number of carbonyl (C=O) groups excluding carboxylic acids is 1. The van der Waals surface area contributed by atoms with Crippen molar-refractivity contribution in [1.82, 2.24) is 4.90 Å². The summed E-state index contributed by atoms with van der Waals surface area (Å²) in [6.07, 6.45) is 0.817. The second-order valence-corrected chi connectivity index (χ2v) is 5.34. The highest BCUT2D eigenvalue weighted by atomic mass is 35.5. The van der Waals surface area contributed by atoms with Crippen molar-refractivity contribution < 1.29 is 14.3 Å². The van der Waals surface area contributed by atoms with Gasteiger partial charge in [-0.2, -0.15) is 0 Å². The summed E-state index contributed by atoms with van der Waals surface area (Å²) in [6.45, 7) is 6.26. The molecule has 21 heavy (non-hydrogen) atoms. The summed E-state index contributed by atoms with van der Waals surface area (Å²) in [5, 5.41) is -0.552. The van der Waals surface area contributed by atoms with Gasteiger partial charge in [0.05, 0.1) is 25.2 Å². The first-order valence-corrected chi connectivity index (χ1v) is 7.44. The first-order chi connectivity index (χ1) is 10.2. The second-order valence-electron chi connectivity index (χ2n) is 4.83. The van der Waals surface area contributed by atoms with Gasteiger partial charge in [0.25, 0.3) is 5.91 Å². The van der Waals surface area contributed by atoms with Crippen LogP contribution in [0.1, 0.15) is 5.56 Å². The third kappa shape index (κ3) is 4.56. The molecule has 0 saturated carbocycles. The molecule has 1 aliphatic rings. The van der Waals surface area contributed by atoms with Gasteiger partial charge in [0.15, 0.2) is 6.10 Å². The summed E-state index contributed by atoms with van der Waals surface area (Å²) in [5.74, 6) is -0.103. The van der Waals surface area contributed by atoms with E-state index >= 15 is 0 Å². The number of nitrogens with zero attached hydrogens (tertiary/aromatic N) is 1. The van der Waals surface area contributed by atoms with Crippen molar-refractivity contribution >= 4 is 17.5 Å². The molecule has 1 aliphatic heterocycles. The molecular formula is C16H20ClNO3. The minimum Gasteiger partial charge on any atom is -0.378 e. The number of morpholine rings is 1. The average molecular weight is 310 g/mol. The summed E-state index contributed by atoms with van der Waals surface area (Å²) in [5.41, 5.74) is 1.00. The molecule has 0 radical (unpaired) electrons. The molecule has 1 amide bonds. The van der Waals surface area contributed by atoms with Crippen molar-refractivity contribution in [2.75, 3.05) is 26.3 Å². The number of carbonyl (C=O) groups is 1. The maximum atomic E-state index is 12.5. The van der Waals surface area contributed by atoms with Gasteiger partial charge < -0.3 is 14.4 Å². The molecule has 0 bridgehead atoms. The monoisotopic (exact) mass is 309 g/mol. The molecule has 1 fully saturated rings. The van der Waals surface area contributed by atoms with E-state index in [-0.39, 0.29) is 5.91 Å². The molecule has 4 nitrogen and oxygen atoms in total. The number of alkyl halides is 1. The van der Waals surface area contributed by atoms with Crippen LogP contribution >= 0.6 is 11.6 Å². The van der Waals surface area contributed by atoms with Crippen LogP contribution in [0, 0.1) is 0 Å². The van der Waals surface area contributed by atoms with Crippen LogP contribution in [0.15, 0.2) is 43.0 Å². The average Bonchev–Trinajstić information content (AvgIpc) is 2.56. The highest BCUT2D eigenvalue weighted by molar-refractivity contribution is 6.23. The number of halogens is 1. The van der Waals surface area contributed by atoms with Crippen molar-refractivity contribution in [2.24, 2.45) is 0 Å². The molecule has 0 aliphatic carbocycles. The molecule has 0 unspecified atom stereocenters. The first-order valence-electron chi connectivity index (χ1n) is 7.01. The number of amides is 1. The van der Waals surface area contributed by atoms with Crippen molar-refractivity contribution in [3.63, 3.8) is 0 Å². The van der Waals surface area contributed by atoms with E-state index in [4.69, 9.17) is 21.1 Å². The Bertz CT molecular complexity index is 460. The summed E-state index contributed by atoms with van der Waals surface area (Å²) in [6, 6.07) is 9.71. The largest absolute Gasteiger partial charge is 0.378 e. The lowest BCUT2D eigenvalue weighted by atomic mass is 10.2. The van der Waals surface area contributed by atoms with Gasteiger partial charge in [-0.25, -0.2) is 0 Å². The summed E-state index contributed by atoms with van der Waals surface area (Å²) in [4.78, 5) is 14.3. The number of benzene rings is 1. The van der Waals surface area contributed by atoms with Crippen LogP contribution in [0.4, 0.5) is 0 Å². The summed E-state index contributed by atoms with van der Waals surface area (Å²) in [7, 11) is 0. The zero-order chi connectivity index (χ0) is 15.1. The smallest absolute Gasteiger partial charge is 0.253 e. The molecule has 1 aromatic carbocycles. The predicted molar refractivity (Wildman–Crippen MR) is 82.3 cm³/mol. The minimum absolute atomic E-state index is 0.103. The third-order valence-electron chi connectivity index (χ3n) is 3.35. The Morgan fingerprint density at radius 1 is 1.38 bits per heavy atom. The Balaban J connectivity index is 1.99. The minimum atomic E-state index is -0.720. The Morgan fingerprint density at radius 2 is 2.05 bits per heavy atom. The van der Waals surface area contributed by atoms with Crippen LogP contribution in [-0.2, 0) is 20.9 Å². The molecule has 2 atom stereocenters. The maximum absolute atomic E-state index is 12.5. The molecule has 5 heteroatoms. The van der Waals surface area contributed by atoms with Gasteiger partial charge in [0.1, 0.15) is 0 Å². The number of rotatable bonds is 6. The third-order valence-corrected chi connectivity index (χ3v) is 3.76. The molecule has 1 aromatic rings. The fourth-order valence-corrected chi connectivity index (χ4v) is 2.33. The van der Waals surface area contributed by atoms with E-state index in [2.05, 4.69) is 6.58 Å². The van der Waals surface area contributed by atoms with E-state index in [1.807, 2.05) is 30.3 Å². The van der Waals surface area contributed by atoms with Crippen LogP contribution < -0.4 is 0 Å². The zero-order valence-electron chi connectivity index (χ0n) is 11.9. The van der Waals surface area contributed by atoms with E-state index in [0.29, 0.717) is 32.9 Å². The van der Waals surface area contributed by atoms with E-state index < -0.39 is 11.5 Å². The van der Waals surface area contributed by atoms with E-state index in [1.54, 1.807) is 4.90 Å². The quantitative estimate of drug-likeness (QED) is 0.597. The first kappa shape index (κ1) is 16.0. The molecule has 114 valence electrons. The van der Waals surface area contributed by atoms with Crippen LogP contribution in [-0.4, -0.2) is 48.6 Å². The van der Waals surface area contributed by atoms with Gasteiger partial charge in [-0.1, -0.05) is 36.4 Å². The molecule has 0 aromatic heterocycles. The predicted octanol–water partition coefficient (Wildman–Crippen LogP) is 2.22. The van der Waals surface area contributed by atoms with Crippen molar-refractivity contribution in [3.8, 4) is 0 Å². The number of hydrogen-bond donors (Lipinski definition) is 0. The molecule has 1 saturated heterocycles. The Kier molecular flexibility index (Phi) is 6.23. The Morgan fingerprint density at radius 3 is 2.67 bits per heavy atom. The van der Waals surface area contributed by atoms with Crippen molar-refractivity contribution in [2.45, 2.75) is 18.1 Å². The fourth-order valence-electron chi connectivity index (χ4n) is 2.15. The van der Waals surface area contributed by atoms with Crippen molar-refractivity contribution in [1.29, 1.82) is 0 Å². The molecule has 0 N–H and O–H groups in total. The lowest BCUT2D eigenvalue weighted by Gasteiger charge is -2.31. The van der Waals surface area contributed by atoms with Crippen molar-refractivity contribution in [3.05, 3.63) is 48.6 Å². The van der Waals surface area contributed by atoms with Crippen LogP contribution in [0.2, 0.25) is 0 Å². The molecule has 2 rings (SSSR count). The van der Waals surface area contributed by atoms with Gasteiger partial charge in [0.2, 0.25) is 0 Å². The SMILES string of the molecule is C=C[C@@H](Cl)[C@H](OCc1ccccc1)C(=O)N1CCOCC1. The van der Waals surface area contributed by atoms with E-state index in [0.717, 1.165) is 5.56 Å². The van der Waals surface area contributed by atoms with Gasteiger partial charge in [0, 0.05) is 13.1 Å². The summed E-state index contributed by atoms with van der Waals surface area (Å²) < 4.78 is 11.0. The maximum Gasteiger partial charge on any atom is 0.253 e. The van der Waals surface area contributed by atoms with Gasteiger partial charge in [-0.05, 0) is 5.56 Å². The Hall–Kier alpha value is -1.36. The number of ether oxygens (including phenoxy) is 2. The fraction of sp³-hybridized carbons (Fsp3) is 0.438. The second kappa shape index (κ2) is 8.17. The van der Waals surface area contributed by atoms with E-state index in [1.165, 1.54) is 6.08 Å². The van der Waals surface area contributed by atoms with Gasteiger partial charge in [-0.15, -0.1) is 18.2 Å². The standard InChI is InChI=1S/C16H20ClNO3/c1-2-14(17)15(16(19)18-8-10-20-11-9-18)21-12-13-6-4-3-5-7-13/h2-7,14-15H,1,8-12H2/t14-,15+/m1/s1. The van der Waals surface area contributed by atoms with Crippen LogP contribution in [0.5, 0.6) is 0 Å².